The summed E-state index contributed by atoms with van der Waals surface area (Å²) in [6, 6.07) is 6.85. The summed E-state index contributed by atoms with van der Waals surface area (Å²) in [5, 5.41) is 0. The fraction of sp³-hybridized carbons (Fsp3) is 0.865. The van der Waals surface area contributed by atoms with Crippen molar-refractivity contribution in [3.8, 4) is 0 Å². The number of hydrogen-bond acceptors (Lipinski definition) is 0. The van der Waals surface area contributed by atoms with Gasteiger partial charge in [0, 0.05) is 25.0 Å². The Bertz CT molecular complexity index is 601. The Labute approximate surface area is 253 Å². The van der Waals surface area contributed by atoms with Crippen LogP contribution in [0.3, 0.4) is 0 Å². The summed E-state index contributed by atoms with van der Waals surface area (Å²) >= 11 is 0. The first-order valence-corrected chi connectivity index (χ1v) is 17.8. The van der Waals surface area contributed by atoms with Crippen LogP contribution in [0.25, 0.3) is 0 Å². The molecule has 0 aliphatic heterocycles. The average Bonchev–Trinajstić information content (AvgIpc) is 2.94. The highest BCUT2D eigenvalue weighted by atomic mass is 35.5. The first-order valence-electron chi connectivity index (χ1n) is 17.8. The van der Waals surface area contributed by atoms with Crippen LogP contribution in [0.4, 0.5) is 0 Å². The second kappa shape index (κ2) is 30.4. The van der Waals surface area contributed by atoms with Crippen LogP contribution in [0.1, 0.15) is 193 Å². The molecule has 0 spiro atoms. The number of aromatic nitrogens is 1. The van der Waals surface area contributed by atoms with Crippen molar-refractivity contribution in [2.75, 3.05) is 0 Å². The Morgan fingerprint density at radius 3 is 1.44 bits per heavy atom. The summed E-state index contributed by atoms with van der Waals surface area (Å²) in [4.78, 5) is 0. The maximum atomic E-state index is 2.56. The van der Waals surface area contributed by atoms with Gasteiger partial charge in [0.15, 0.2) is 11.9 Å². The zero-order valence-electron chi connectivity index (χ0n) is 27.0. The van der Waals surface area contributed by atoms with Crippen LogP contribution >= 0.6 is 0 Å². The third-order valence-electron chi connectivity index (χ3n) is 8.88. The molecule has 1 atom stereocenters. The van der Waals surface area contributed by atoms with Crippen LogP contribution in [-0.2, 0) is 13.0 Å². The third-order valence-corrected chi connectivity index (χ3v) is 8.88. The number of unbranched alkanes of at least 4 members (excludes halogenated alkanes) is 20. The molecule has 0 radical (unpaired) electrons. The van der Waals surface area contributed by atoms with Crippen LogP contribution in [-0.4, -0.2) is 0 Å². The predicted octanol–water partition coefficient (Wildman–Crippen LogP) is 9.34. The first kappa shape index (κ1) is 38.4. The molecule has 0 amide bonds. The van der Waals surface area contributed by atoms with E-state index in [1.807, 2.05) is 0 Å². The maximum absolute atomic E-state index is 2.56. The molecule has 1 aromatic rings. The van der Waals surface area contributed by atoms with Crippen molar-refractivity contribution >= 4 is 0 Å². The van der Waals surface area contributed by atoms with Gasteiger partial charge in [-0.05, 0) is 25.2 Å². The normalized spacial score (nSPS) is 12.0. The number of nitrogens with zero attached hydrogens (tertiary/aromatic N) is 1. The van der Waals surface area contributed by atoms with Crippen molar-refractivity contribution in [2.24, 2.45) is 5.92 Å². The van der Waals surface area contributed by atoms with Gasteiger partial charge in [-0.2, -0.15) is 0 Å². The smallest absolute Gasteiger partial charge is 0.181 e. The second-order valence-corrected chi connectivity index (χ2v) is 12.4. The fourth-order valence-corrected chi connectivity index (χ4v) is 6.12. The molecular weight excluding hydrogens is 494 g/mol. The minimum atomic E-state index is 0. The summed E-state index contributed by atoms with van der Waals surface area (Å²) in [6.45, 7) is 8.24. The molecule has 2 heteroatoms. The molecule has 1 unspecified atom stereocenters. The Hall–Kier alpha value is -0.560. The summed E-state index contributed by atoms with van der Waals surface area (Å²) < 4.78 is 2.56. The van der Waals surface area contributed by atoms with E-state index in [1.54, 1.807) is 5.69 Å². The molecule has 230 valence electrons. The SMILES string of the molecule is CCCCCCCCCCCCCC[n+]1ccccc1CCCC(CC)CCCCCCCCCCCC.[Cl-]. The Kier molecular flexibility index (Phi) is 30.0. The molecule has 0 fully saturated rings. The fourth-order valence-electron chi connectivity index (χ4n) is 6.12. The average molecular weight is 564 g/mol. The van der Waals surface area contributed by atoms with E-state index >= 15 is 0 Å². The van der Waals surface area contributed by atoms with Crippen molar-refractivity contribution in [3.63, 3.8) is 0 Å². The standard InChI is InChI=1S/C37H70N.ClH/c1-4-7-9-11-13-15-17-18-20-22-24-27-34-38-35-28-26-32-37(38)33-29-31-36(6-3)30-25-23-21-19-16-14-12-10-8-5-2;/h26,28,32,35-36H,4-25,27,29-31,33-34H2,1-3H3;1H/q+1;/p-1. The van der Waals surface area contributed by atoms with Gasteiger partial charge < -0.3 is 12.4 Å². The topological polar surface area (TPSA) is 3.88 Å². The van der Waals surface area contributed by atoms with Gasteiger partial charge in [-0.1, -0.05) is 168 Å². The number of rotatable bonds is 29. The monoisotopic (exact) mass is 564 g/mol. The lowest BCUT2D eigenvalue weighted by Crippen LogP contribution is -3.00. The molecule has 0 aliphatic rings. The molecule has 1 rings (SSSR count). The number of halogens is 1. The lowest BCUT2D eigenvalue weighted by atomic mass is 9.92. The highest BCUT2D eigenvalue weighted by Gasteiger charge is 2.11. The van der Waals surface area contributed by atoms with Gasteiger partial charge in [-0.15, -0.1) is 0 Å². The van der Waals surface area contributed by atoms with E-state index in [0.717, 1.165) is 5.92 Å². The summed E-state index contributed by atoms with van der Waals surface area (Å²) in [7, 11) is 0. The van der Waals surface area contributed by atoms with E-state index in [0.29, 0.717) is 0 Å². The predicted molar refractivity (Wildman–Crippen MR) is 171 cm³/mol. The van der Waals surface area contributed by atoms with Crippen LogP contribution in [0.15, 0.2) is 24.4 Å². The van der Waals surface area contributed by atoms with Gasteiger partial charge in [-0.25, -0.2) is 4.57 Å². The molecule has 0 N–H and O–H groups in total. The molecule has 1 aromatic heterocycles. The van der Waals surface area contributed by atoms with E-state index in [1.165, 1.54) is 180 Å². The van der Waals surface area contributed by atoms with Crippen molar-refractivity contribution in [2.45, 2.75) is 201 Å². The van der Waals surface area contributed by atoms with Crippen LogP contribution in [0.5, 0.6) is 0 Å². The molecule has 39 heavy (non-hydrogen) atoms. The van der Waals surface area contributed by atoms with E-state index in [2.05, 4.69) is 49.7 Å². The highest BCUT2D eigenvalue weighted by Crippen LogP contribution is 2.21. The van der Waals surface area contributed by atoms with Gasteiger partial charge in [-0.3, -0.25) is 0 Å². The van der Waals surface area contributed by atoms with Crippen LogP contribution in [0.2, 0.25) is 0 Å². The van der Waals surface area contributed by atoms with Gasteiger partial charge in [0.1, 0.15) is 6.54 Å². The number of hydrogen-bond donors (Lipinski definition) is 0. The number of pyridine rings is 1. The van der Waals surface area contributed by atoms with Crippen molar-refractivity contribution in [3.05, 3.63) is 30.1 Å². The number of aryl methyl sites for hydroxylation is 2. The lowest BCUT2D eigenvalue weighted by molar-refractivity contribution is -0.704. The van der Waals surface area contributed by atoms with E-state index in [-0.39, 0.29) is 12.4 Å². The molecule has 0 saturated carbocycles. The van der Waals surface area contributed by atoms with Crippen LogP contribution in [0, 0.1) is 5.92 Å². The zero-order chi connectivity index (χ0) is 27.4. The Balaban J connectivity index is 0.0000144. The van der Waals surface area contributed by atoms with Crippen molar-refractivity contribution in [1.82, 2.24) is 0 Å². The molecule has 1 nitrogen and oxygen atoms in total. The Morgan fingerprint density at radius 1 is 0.513 bits per heavy atom. The third kappa shape index (κ3) is 23.8. The zero-order valence-corrected chi connectivity index (χ0v) is 27.8. The quantitative estimate of drug-likeness (QED) is 0.0675. The molecule has 0 saturated heterocycles. The lowest BCUT2D eigenvalue weighted by Gasteiger charge is -2.14. The van der Waals surface area contributed by atoms with E-state index in [4.69, 9.17) is 0 Å². The highest BCUT2D eigenvalue weighted by molar-refractivity contribution is 4.97. The summed E-state index contributed by atoms with van der Waals surface area (Å²) in [5.41, 5.74) is 1.56. The van der Waals surface area contributed by atoms with Gasteiger partial charge in [0.25, 0.3) is 0 Å². The van der Waals surface area contributed by atoms with Gasteiger partial charge >= 0.3 is 0 Å². The van der Waals surface area contributed by atoms with E-state index < -0.39 is 0 Å². The van der Waals surface area contributed by atoms with Crippen molar-refractivity contribution < 1.29 is 17.0 Å². The van der Waals surface area contributed by atoms with Crippen LogP contribution < -0.4 is 17.0 Å². The minimum Gasteiger partial charge on any atom is -1.00 e. The molecule has 0 aromatic carbocycles. The summed E-state index contributed by atoms with van der Waals surface area (Å²) in [5.74, 6) is 0.942. The largest absolute Gasteiger partial charge is 1.00 e. The van der Waals surface area contributed by atoms with Gasteiger partial charge in [0.05, 0.1) is 0 Å². The first-order chi connectivity index (χ1) is 18.8. The molecule has 1 heterocycles. The second-order valence-electron chi connectivity index (χ2n) is 12.4. The molecular formula is C37H70ClN. The molecule has 0 aliphatic carbocycles. The maximum Gasteiger partial charge on any atom is 0.181 e. The Morgan fingerprint density at radius 2 is 0.949 bits per heavy atom. The minimum absolute atomic E-state index is 0. The summed E-state index contributed by atoms with van der Waals surface area (Å²) in [6.07, 6.45) is 40.9. The van der Waals surface area contributed by atoms with E-state index in [9.17, 15) is 0 Å². The molecule has 0 bridgehead atoms. The van der Waals surface area contributed by atoms with Crippen molar-refractivity contribution in [1.29, 1.82) is 0 Å². The van der Waals surface area contributed by atoms with Gasteiger partial charge in [0.2, 0.25) is 0 Å².